The highest BCUT2D eigenvalue weighted by Crippen LogP contribution is 2.61. The van der Waals surface area contributed by atoms with Gasteiger partial charge in [0.25, 0.3) is 0 Å². The number of phosphoric acid groups is 3. The van der Waals surface area contributed by atoms with E-state index in [1.807, 2.05) is 6.08 Å². The number of hydrogen-bond acceptors (Lipinski definition) is 19. The number of thioether (sulfide) groups is 1. The molecular formula is C34H56N7O19P3S. The predicted molar refractivity (Wildman–Crippen MR) is 225 cm³/mol. The number of aliphatic carboxylic acids is 1. The van der Waals surface area contributed by atoms with Crippen molar-refractivity contribution in [2.24, 2.45) is 5.41 Å². The van der Waals surface area contributed by atoms with Gasteiger partial charge in [0.2, 0.25) is 11.8 Å². The van der Waals surface area contributed by atoms with Gasteiger partial charge in [0.15, 0.2) is 22.8 Å². The van der Waals surface area contributed by atoms with Crippen molar-refractivity contribution in [3.8, 4) is 0 Å². The maximum atomic E-state index is 12.7. The third-order valence-electron chi connectivity index (χ3n) is 9.23. The first kappa shape index (κ1) is 55.1. The molecule has 11 N–H and O–H groups in total. The second kappa shape index (κ2) is 25.6. The van der Waals surface area contributed by atoms with Crippen molar-refractivity contribution in [3.63, 3.8) is 0 Å². The number of nitrogens with zero attached hydrogens (tertiary/aromatic N) is 4. The number of anilines is 1. The maximum Gasteiger partial charge on any atom is 0.481 e. The number of nitrogens with two attached hydrogens (primary N) is 1. The Morgan fingerprint density at radius 1 is 0.953 bits per heavy atom. The number of nitrogen functional groups attached to an aromatic ring is 1. The van der Waals surface area contributed by atoms with Crippen LogP contribution in [-0.2, 0) is 55.5 Å². The number of ether oxygens (including phenoxy) is 1. The summed E-state index contributed by atoms with van der Waals surface area (Å²) >= 11 is 1.10. The fourth-order valence-corrected chi connectivity index (χ4v) is 9.46. The Hall–Kier alpha value is -3.23. The predicted octanol–water partition coefficient (Wildman–Crippen LogP) is 1.82. The average molecular weight is 992 g/mol. The number of carbonyl (C=O) groups is 4. The second-order valence-electron chi connectivity index (χ2n) is 15.0. The number of allylic oxidation sites excluding steroid dienone is 1. The summed E-state index contributed by atoms with van der Waals surface area (Å²) in [6, 6.07) is 0. The van der Waals surface area contributed by atoms with Gasteiger partial charge in [-0.2, -0.15) is 4.31 Å². The SMILES string of the molecule is CC(C)(COP(=O)(O)OP(=O)(O)OCC1OC(n2cnc3c(N)ncnc32)C(O)C1OP(=O)(O)O)C(O)C(=O)NCCC(=O)NCCSC(=O)CCCCCCCC/C=C/CC(=O)O. The van der Waals surface area contributed by atoms with Gasteiger partial charge < -0.3 is 56.0 Å². The van der Waals surface area contributed by atoms with Crippen molar-refractivity contribution in [1.82, 2.24) is 30.2 Å². The van der Waals surface area contributed by atoms with E-state index < -0.39 is 90.5 Å². The smallest absolute Gasteiger partial charge is 0.481 e. The topological polar surface area (TPSA) is 401 Å². The number of imidazole rings is 1. The molecule has 1 fully saturated rings. The third-order valence-corrected chi connectivity index (χ3v) is 13.3. The molecule has 0 spiro atoms. The molecule has 0 radical (unpaired) electrons. The lowest BCUT2D eigenvalue weighted by Crippen LogP contribution is -2.46. The number of phosphoric ester groups is 3. The number of carboxylic acids is 1. The Kier molecular flexibility index (Phi) is 22.1. The van der Waals surface area contributed by atoms with Crippen LogP contribution in [0.25, 0.3) is 11.2 Å². The lowest BCUT2D eigenvalue weighted by atomic mass is 9.87. The number of amides is 2. The molecule has 1 aliphatic heterocycles. The first-order chi connectivity index (χ1) is 29.9. The highest BCUT2D eigenvalue weighted by Gasteiger charge is 2.50. The first-order valence-corrected chi connectivity index (χ1v) is 25.3. The van der Waals surface area contributed by atoms with E-state index >= 15 is 0 Å². The molecule has 0 saturated carbocycles. The summed E-state index contributed by atoms with van der Waals surface area (Å²) < 4.78 is 62.3. The Balaban J connectivity index is 1.35. The molecule has 2 aromatic rings. The Morgan fingerprint density at radius 2 is 1.62 bits per heavy atom. The molecule has 26 nitrogen and oxygen atoms in total. The normalized spacial score (nSPS) is 20.5. The van der Waals surface area contributed by atoms with E-state index in [9.17, 15) is 62.7 Å². The van der Waals surface area contributed by atoms with E-state index in [0.717, 1.165) is 73.9 Å². The van der Waals surface area contributed by atoms with Crippen molar-refractivity contribution in [1.29, 1.82) is 0 Å². The molecule has 3 rings (SSSR count). The van der Waals surface area contributed by atoms with Crippen LogP contribution in [0.5, 0.6) is 0 Å². The summed E-state index contributed by atoms with van der Waals surface area (Å²) in [5, 5.41) is 35.1. The number of hydrogen-bond donors (Lipinski definition) is 10. The third kappa shape index (κ3) is 19.3. The molecule has 2 aromatic heterocycles. The number of rotatable bonds is 30. The van der Waals surface area contributed by atoms with Gasteiger partial charge in [-0.15, -0.1) is 0 Å². The second-order valence-corrected chi connectivity index (χ2v) is 20.4. The Morgan fingerprint density at radius 3 is 2.31 bits per heavy atom. The molecule has 1 aliphatic rings. The van der Waals surface area contributed by atoms with Gasteiger partial charge in [0.1, 0.15) is 36.3 Å². The van der Waals surface area contributed by atoms with E-state index in [2.05, 4.69) is 34.4 Å². The van der Waals surface area contributed by atoms with E-state index in [-0.39, 0.29) is 48.0 Å². The van der Waals surface area contributed by atoms with Gasteiger partial charge in [-0.05, 0) is 19.3 Å². The summed E-state index contributed by atoms with van der Waals surface area (Å²) in [4.78, 5) is 98.5. The quantitative estimate of drug-likeness (QED) is 0.0303. The first-order valence-electron chi connectivity index (χ1n) is 19.8. The van der Waals surface area contributed by atoms with Gasteiger partial charge in [0, 0.05) is 37.1 Å². The van der Waals surface area contributed by atoms with Gasteiger partial charge >= 0.3 is 29.4 Å². The van der Waals surface area contributed by atoms with E-state index in [1.54, 1.807) is 6.08 Å². The minimum Gasteiger partial charge on any atom is -0.481 e. The molecular weight excluding hydrogens is 935 g/mol. The van der Waals surface area contributed by atoms with Crippen LogP contribution in [0, 0.1) is 5.41 Å². The molecule has 362 valence electrons. The molecule has 0 bridgehead atoms. The van der Waals surface area contributed by atoms with Crippen LogP contribution in [0.3, 0.4) is 0 Å². The zero-order chi connectivity index (χ0) is 47.7. The van der Waals surface area contributed by atoms with Crippen LogP contribution in [-0.4, -0.2) is 134 Å². The summed E-state index contributed by atoms with van der Waals surface area (Å²) in [6.07, 6.45) is 3.56. The molecule has 64 heavy (non-hydrogen) atoms. The minimum absolute atomic E-state index is 0.00903. The highest BCUT2D eigenvalue weighted by molar-refractivity contribution is 8.13. The van der Waals surface area contributed by atoms with Crippen molar-refractivity contribution in [2.45, 2.75) is 109 Å². The summed E-state index contributed by atoms with van der Waals surface area (Å²) in [7, 11) is -16.4. The van der Waals surface area contributed by atoms with Gasteiger partial charge in [-0.1, -0.05) is 63.4 Å². The lowest BCUT2D eigenvalue weighted by Gasteiger charge is -2.30. The minimum atomic E-state index is -5.58. The number of aliphatic hydroxyl groups is 2. The van der Waals surface area contributed by atoms with Crippen molar-refractivity contribution >= 4 is 75.1 Å². The van der Waals surface area contributed by atoms with E-state index in [1.165, 1.54) is 13.8 Å². The zero-order valence-corrected chi connectivity index (χ0v) is 38.4. The summed E-state index contributed by atoms with van der Waals surface area (Å²) in [6.45, 7) is 0.456. The number of aromatic nitrogens is 4. The number of fused-ring (bicyclic) bond motifs is 1. The number of carboxylic acid groups (broad SMARTS) is 1. The number of carbonyl (C=O) groups excluding carboxylic acids is 3. The number of nitrogens with one attached hydrogen (secondary N) is 2. The van der Waals surface area contributed by atoms with Crippen molar-refractivity contribution in [3.05, 3.63) is 24.8 Å². The lowest BCUT2D eigenvalue weighted by molar-refractivity contribution is -0.137. The van der Waals surface area contributed by atoms with Crippen molar-refractivity contribution < 1.29 is 90.4 Å². The van der Waals surface area contributed by atoms with E-state index in [0.29, 0.717) is 12.2 Å². The standard InChI is InChI=1S/C34H56N7O19P3S/c1-34(2,29(47)32(48)37-15-14-23(42)36-16-17-64-25(45)13-11-9-7-5-3-4-6-8-10-12-24(43)44)19-57-63(54,55)60-62(52,53)56-18-22-28(59-61(49,50)51)27(46)33(58-22)41-21-40-26-30(35)38-20-39-31(26)41/h8,10,20-22,27-29,33,46-47H,3-7,9,11-19H2,1-2H3,(H,36,42)(H,37,48)(H,43,44)(H,52,53)(H,54,55)(H2,35,38,39)(H2,49,50,51)/b10-8+. The van der Waals surface area contributed by atoms with Crippen LogP contribution < -0.4 is 16.4 Å². The van der Waals surface area contributed by atoms with Crippen molar-refractivity contribution in [2.75, 3.05) is 37.8 Å². The molecule has 7 unspecified atom stereocenters. The maximum absolute atomic E-state index is 12.7. The highest BCUT2D eigenvalue weighted by atomic mass is 32.2. The Bertz CT molecular complexity index is 2060. The number of aliphatic hydroxyl groups excluding tert-OH is 2. The summed E-state index contributed by atoms with van der Waals surface area (Å²) in [5.41, 5.74) is 4.25. The molecule has 2 amide bonds. The fraction of sp³-hybridized carbons (Fsp3) is 0.676. The van der Waals surface area contributed by atoms with Crippen LogP contribution >= 0.6 is 35.2 Å². The summed E-state index contributed by atoms with van der Waals surface area (Å²) in [5.74, 6) is -1.98. The molecule has 7 atom stereocenters. The van der Waals surface area contributed by atoms with E-state index in [4.69, 9.17) is 24.6 Å². The molecule has 0 aliphatic carbocycles. The van der Waals surface area contributed by atoms with Crippen LogP contribution in [0.4, 0.5) is 5.82 Å². The average Bonchev–Trinajstić information content (AvgIpc) is 3.76. The zero-order valence-electron chi connectivity index (χ0n) is 34.9. The molecule has 0 aromatic carbocycles. The van der Waals surface area contributed by atoms with Crippen LogP contribution in [0.15, 0.2) is 24.8 Å². The molecule has 1 saturated heterocycles. The van der Waals surface area contributed by atoms with Gasteiger partial charge in [-0.25, -0.2) is 28.6 Å². The van der Waals surface area contributed by atoms with Crippen LogP contribution in [0.2, 0.25) is 0 Å². The Labute approximate surface area is 371 Å². The number of unbranched alkanes of at least 4 members (excludes halogenated alkanes) is 6. The molecule has 3 heterocycles. The fourth-order valence-electron chi connectivity index (χ4n) is 5.91. The monoisotopic (exact) mass is 991 g/mol. The largest absolute Gasteiger partial charge is 0.481 e. The van der Waals surface area contributed by atoms with Gasteiger partial charge in [-0.3, -0.25) is 37.3 Å². The van der Waals surface area contributed by atoms with Gasteiger partial charge in [0.05, 0.1) is 26.0 Å². The molecule has 30 heteroatoms. The van der Waals surface area contributed by atoms with Crippen LogP contribution in [0.1, 0.15) is 84.3 Å².